The second kappa shape index (κ2) is 7.65. The predicted molar refractivity (Wildman–Crippen MR) is 107 cm³/mol. The number of carbonyl (C=O) groups is 1. The number of para-hydroxylation sites is 1. The summed E-state index contributed by atoms with van der Waals surface area (Å²) < 4.78 is 5.80. The van der Waals surface area contributed by atoms with Crippen molar-refractivity contribution in [3.8, 4) is 17.6 Å². The first kappa shape index (κ1) is 17.3. The van der Waals surface area contributed by atoms with Crippen LogP contribution in [0.3, 0.4) is 0 Å². The fraction of sp³-hybridized carbons (Fsp3) is 0.182. The topological polar surface area (TPSA) is 62.1 Å². The monoisotopic (exact) mass is 374 g/mol. The number of benzene rings is 2. The molecular weight excluding hydrogens is 356 g/mol. The summed E-state index contributed by atoms with van der Waals surface area (Å²) in [6, 6.07) is 18.8. The van der Waals surface area contributed by atoms with Crippen LogP contribution in [-0.2, 0) is 12.8 Å². The Kier molecular flexibility index (Phi) is 4.91. The van der Waals surface area contributed by atoms with Gasteiger partial charge >= 0.3 is 0 Å². The SMILES string of the molecule is N#Cc1c(NC(=O)c2cccc(Oc3ccccc3)c2)sc2c1CCCC2. The molecule has 0 atom stereocenters. The van der Waals surface area contributed by atoms with Crippen molar-refractivity contribution in [3.63, 3.8) is 0 Å². The molecule has 134 valence electrons. The molecule has 4 rings (SSSR count). The molecule has 0 spiro atoms. The summed E-state index contributed by atoms with van der Waals surface area (Å²) in [6.45, 7) is 0. The number of nitrogens with zero attached hydrogens (tertiary/aromatic N) is 1. The van der Waals surface area contributed by atoms with Gasteiger partial charge in [0, 0.05) is 10.4 Å². The quantitative estimate of drug-likeness (QED) is 0.652. The van der Waals surface area contributed by atoms with E-state index in [1.165, 1.54) is 16.2 Å². The summed E-state index contributed by atoms with van der Waals surface area (Å²) in [5.74, 6) is 1.08. The van der Waals surface area contributed by atoms with Gasteiger partial charge in [-0.25, -0.2) is 0 Å². The van der Waals surface area contributed by atoms with Crippen LogP contribution in [0.5, 0.6) is 11.5 Å². The molecule has 0 radical (unpaired) electrons. The third kappa shape index (κ3) is 3.71. The third-order valence-corrected chi connectivity index (χ3v) is 5.79. The van der Waals surface area contributed by atoms with Crippen molar-refractivity contribution in [3.05, 3.63) is 76.2 Å². The second-order valence-corrected chi connectivity index (χ2v) is 7.53. The highest BCUT2D eigenvalue weighted by atomic mass is 32.1. The molecule has 1 aliphatic carbocycles. The van der Waals surface area contributed by atoms with Gasteiger partial charge in [0.15, 0.2) is 0 Å². The molecule has 1 aliphatic rings. The summed E-state index contributed by atoms with van der Waals surface area (Å²) in [6.07, 6.45) is 4.16. The molecule has 2 aromatic carbocycles. The van der Waals surface area contributed by atoms with E-state index in [0.29, 0.717) is 27.6 Å². The lowest BCUT2D eigenvalue weighted by molar-refractivity contribution is 0.102. The number of aryl methyl sites for hydroxylation is 1. The van der Waals surface area contributed by atoms with Crippen LogP contribution in [0.2, 0.25) is 0 Å². The zero-order valence-corrected chi connectivity index (χ0v) is 15.5. The molecule has 4 nitrogen and oxygen atoms in total. The molecule has 3 aromatic rings. The first-order chi connectivity index (χ1) is 13.2. The number of rotatable bonds is 4. The fourth-order valence-corrected chi connectivity index (χ4v) is 4.51. The lowest BCUT2D eigenvalue weighted by atomic mass is 9.96. The summed E-state index contributed by atoms with van der Waals surface area (Å²) in [5.41, 5.74) is 2.24. The molecule has 0 saturated heterocycles. The smallest absolute Gasteiger partial charge is 0.256 e. The van der Waals surface area contributed by atoms with Crippen LogP contribution in [0.4, 0.5) is 5.00 Å². The van der Waals surface area contributed by atoms with Crippen molar-refractivity contribution in [2.24, 2.45) is 0 Å². The Hall–Kier alpha value is -3.10. The third-order valence-electron chi connectivity index (χ3n) is 4.59. The molecule has 0 unspecified atom stereocenters. The Morgan fingerprint density at radius 2 is 1.81 bits per heavy atom. The Morgan fingerprint density at radius 1 is 1.04 bits per heavy atom. The van der Waals surface area contributed by atoms with E-state index in [2.05, 4.69) is 11.4 Å². The lowest BCUT2D eigenvalue weighted by Crippen LogP contribution is -2.11. The summed E-state index contributed by atoms with van der Waals surface area (Å²) >= 11 is 1.53. The minimum atomic E-state index is -0.233. The second-order valence-electron chi connectivity index (χ2n) is 6.42. The van der Waals surface area contributed by atoms with E-state index in [-0.39, 0.29) is 5.91 Å². The van der Waals surface area contributed by atoms with Crippen molar-refractivity contribution in [2.75, 3.05) is 5.32 Å². The number of hydrogen-bond donors (Lipinski definition) is 1. The number of anilines is 1. The van der Waals surface area contributed by atoms with Gasteiger partial charge in [-0.15, -0.1) is 11.3 Å². The number of hydrogen-bond acceptors (Lipinski definition) is 4. The molecule has 0 saturated carbocycles. The van der Waals surface area contributed by atoms with Crippen LogP contribution in [0.15, 0.2) is 54.6 Å². The van der Waals surface area contributed by atoms with Gasteiger partial charge in [0.25, 0.3) is 5.91 Å². The maximum Gasteiger partial charge on any atom is 0.256 e. The predicted octanol–water partition coefficient (Wildman–Crippen LogP) is 5.54. The fourth-order valence-electron chi connectivity index (χ4n) is 3.27. The Labute approximate surface area is 162 Å². The zero-order valence-electron chi connectivity index (χ0n) is 14.7. The maximum absolute atomic E-state index is 12.7. The van der Waals surface area contributed by atoms with Gasteiger partial charge in [0.1, 0.15) is 22.6 Å². The van der Waals surface area contributed by atoms with Gasteiger partial charge in [0.05, 0.1) is 5.56 Å². The van der Waals surface area contributed by atoms with Gasteiger partial charge in [-0.2, -0.15) is 5.26 Å². The molecule has 0 bridgehead atoms. The van der Waals surface area contributed by atoms with Crippen molar-refractivity contribution in [2.45, 2.75) is 25.7 Å². The van der Waals surface area contributed by atoms with E-state index >= 15 is 0 Å². The van der Waals surface area contributed by atoms with E-state index in [1.807, 2.05) is 36.4 Å². The molecule has 5 heteroatoms. The van der Waals surface area contributed by atoms with E-state index in [9.17, 15) is 10.1 Å². The number of amides is 1. The van der Waals surface area contributed by atoms with Crippen LogP contribution < -0.4 is 10.1 Å². The average Bonchev–Trinajstić information content (AvgIpc) is 3.06. The largest absolute Gasteiger partial charge is 0.457 e. The molecule has 1 aromatic heterocycles. The van der Waals surface area contributed by atoms with Crippen LogP contribution in [0, 0.1) is 11.3 Å². The highest BCUT2D eigenvalue weighted by molar-refractivity contribution is 7.16. The highest BCUT2D eigenvalue weighted by Gasteiger charge is 2.22. The summed E-state index contributed by atoms with van der Waals surface area (Å²) in [5, 5.41) is 13.1. The van der Waals surface area contributed by atoms with Crippen molar-refractivity contribution < 1.29 is 9.53 Å². The number of nitriles is 1. The van der Waals surface area contributed by atoms with Crippen LogP contribution in [0.25, 0.3) is 0 Å². The number of thiophene rings is 1. The van der Waals surface area contributed by atoms with Gasteiger partial charge in [0.2, 0.25) is 0 Å². The van der Waals surface area contributed by atoms with E-state index < -0.39 is 0 Å². The van der Waals surface area contributed by atoms with Gasteiger partial charge in [-0.1, -0.05) is 24.3 Å². The normalized spacial score (nSPS) is 12.7. The minimum Gasteiger partial charge on any atom is -0.457 e. The van der Waals surface area contributed by atoms with Crippen LogP contribution in [-0.4, -0.2) is 5.91 Å². The Bertz CT molecular complexity index is 1020. The highest BCUT2D eigenvalue weighted by Crippen LogP contribution is 2.37. The summed E-state index contributed by atoms with van der Waals surface area (Å²) in [4.78, 5) is 14.0. The number of ether oxygens (including phenoxy) is 1. The summed E-state index contributed by atoms with van der Waals surface area (Å²) in [7, 11) is 0. The maximum atomic E-state index is 12.7. The number of nitrogens with one attached hydrogen (secondary N) is 1. The molecule has 1 heterocycles. The minimum absolute atomic E-state index is 0.233. The number of fused-ring (bicyclic) bond motifs is 1. The van der Waals surface area contributed by atoms with Gasteiger partial charge in [-0.05, 0) is 61.6 Å². The van der Waals surface area contributed by atoms with E-state index in [1.54, 1.807) is 18.2 Å². The van der Waals surface area contributed by atoms with Crippen molar-refractivity contribution >= 4 is 22.2 Å². The first-order valence-corrected chi connectivity index (χ1v) is 9.75. The van der Waals surface area contributed by atoms with E-state index in [0.717, 1.165) is 31.2 Å². The lowest BCUT2D eigenvalue weighted by Gasteiger charge is -2.09. The first-order valence-electron chi connectivity index (χ1n) is 8.93. The number of carbonyl (C=O) groups excluding carboxylic acids is 1. The van der Waals surface area contributed by atoms with E-state index in [4.69, 9.17) is 4.74 Å². The molecule has 1 N–H and O–H groups in total. The van der Waals surface area contributed by atoms with Gasteiger partial charge in [-0.3, -0.25) is 4.79 Å². The van der Waals surface area contributed by atoms with Crippen molar-refractivity contribution in [1.29, 1.82) is 5.26 Å². The Morgan fingerprint density at radius 3 is 2.63 bits per heavy atom. The standard InChI is InChI=1S/C22H18N2O2S/c23-14-19-18-11-4-5-12-20(18)27-22(19)24-21(25)15-7-6-10-17(13-15)26-16-8-2-1-3-9-16/h1-3,6-10,13H,4-5,11-12H2,(H,24,25). The molecular formula is C22H18N2O2S. The zero-order chi connectivity index (χ0) is 18.6. The Balaban J connectivity index is 1.55. The van der Waals surface area contributed by atoms with Crippen LogP contribution in [0.1, 0.15) is 39.2 Å². The average molecular weight is 374 g/mol. The van der Waals surface area contributed by atoms with Crippen LogP contribution >= 0.6 is 11.3 Å². The molecule has 1 amide bonds. The molecule has 0 fully saturated rings. The molecule has 27 heavy (non-hydrogen) atoms. The molecule has 0 aliphatic heterocycles. The van der Waals surface area contributed by atoms with Crippen molar-refractivity contribution in [1.82, 2.24) is 0 Å². The van der Waals surface area contributed by atoms with Gasteiger partial charge < -0.3 is 10.1 Å².